The molecule has 4 rings (SSSR count). The van der Waals surface area contributed by atoms with Crippen LogP contribution in [0, 0.1) is 0 Å². The first-order valence-electron chi connectivity index (χ1n) is 7.88. The van der Waals surface area contributed by atoms with Crippen LogP contribution in [0.1, 0.15) is 43.7 Å². The Morgan fingerprint density at radius 2 is 1.77 bits per heavy atom. The SMILES string of the molecule is Nc1ccc2nc(C3CCCCC3)c(-c3ccncc3)n2n1. The lowest BCUT2D eigenvalue weighted by Crippen LogP contribution is -2.07. The van der Waals surface area contributed by atoms with Crippen LogP contribution in [0.4, 0.5) is 5.82 Å². The number of hydrogen-bond acceptors (Lipinski definition) is 4. The molecule has 0 atom stereocenters. The molecule has 2 N–H and O–H groups in total. The van der Waals surface area contributed by atoms with Gasteiger partial charge in [-0.15, -0.1) is 5.10 Å². The number of nitrogens with zero attached hydrogens (tertiary/aromatic N) is 4. The Balaban J connectivity index is 1.95. The maximum Gasteiger partial charge on any atom is 0.154 e. The lowest BCUT2D eigenvalue weighted by atomic mass is 9.85. The fourth-order valence-electron chi connectivity index (χ4n) is 3.41. The molecular weight excluding hydrogens is 274 g/mol. The molecule has 0 saturated heterocycles. The Hall–Kier alpha value is -2.43. The van der Waals surface area contributed by atoms with Gasteiger partial charge in [-0.05, 0) is 37.1 Å². The molecule has 0 aromatic carbocycles. The van der Waals surface area contributed by atoms with E-state index in [4.69, 9.17) is 10.7 Å². The van der Waals surface area contributed by atoms with Crippen molar-refractivity contribution in [2.24, 2.45) is 0 Å². The predicted molar refractivity (Wildman–Crippen MR) is 86.5 cm³/mol. The van der Waals surface area contributed by atoms with Gasteiger partial charge in [0.1, 0.15) is 5.82 Å². The topological polar surface area (TPSA) is 69.1 Å². The van der Waals surface area contributed by atoms with Gasteiger partial charge in [-0.25, -0.2) is 9.50 Å². The second-order valence-electron chi connectivity index (χ2n) is 5.94. The van der Waals surface area contributed by atoms with Crippen molar-refractivity contribution in [2.45, 2.75) is 38.0 Å². The summed E-state index contributed by atoms with van der Waals surface area (Å²) in [7, 11) is 0. The third-order valence-corrected chi connectivity index (χ3v) is 4.47. The standard InChI is InChI=1S/C17H19N5/c18-14-6-7-15-20-16(12-4-2-1-3-5-12)17(22(15)21-14)13-8-10-19-11-9-13/h6-12H,1-5H2,(H2,18,21). The quantitative estimate of drug-likeness (QED) is 0.786. The Labute approximate surface area is 129 Å². The summed E-state index contributed by atoms with van der Waals surface area (Å²) in [6.45, 7) is 0. The Bertz CT molecular complexity index is 787. The van der Waals surface area contributed by atoms with E-state index in [1.165, 1.54) is 32.1 Å². The van der Waals surface area contributed by atoms with Crippen molar-refractivity contribution in [3.05, 3.63) is 42.4 Å². The van der Waals surface area contributed by atoms with Crippen molar-refractivity contribution >= 4 is 11.5 Å². The van der Waals surface area contributed by atoms with Gasteiger partial charge in [0.25, 0.3) is 0 Å². The Morgan fingerprint density at radius 1 is 1.00 bits per heavy atom. The number of nitrogen functional groups attached to an aromatic ring is 1. The lowest BCUT2D eigenvalue weighted by molar-refractivity contribution is 0.438. The number of rotatable bonds is 2. The zero-order valence-electron chi connectivity index (χ0n) is 12.4. The maximum atomic E-state index is 5.89. The van der Waals surface area contributed by atoms with Gasteiger partial charge in [-0.1, -0.05) is 19.3 Å². The molecule has 0 bridgehead atoms. The fraction of sp³-hybridized carbons (Fsp3) is 0.353. The summed E-state index contributed by atoms with van der Waals surface area (Å²) >= 11 is 0. The maximum absolute atomic E-state index is 5.89. The van der Waals surface area contributed by atoms with Crippen molar-refractivity contribution in [1.82, 2.24) is 19.6 Å². The third kappa shape index (κ3) is 2.22. The van der Waals surface area contributed by atoms with E-state index in [2.05, 4.69) is 10.1 Å². The molecule has 3 aromatic heterocycles. The van der Waals surface area contributed by atoms with Crippen LogP contribution in [0.15, 0.2) is 36.7 Å². The van der Waals surface area contributed by atoms with E-state index in [0.717, 1.165) is 22.6 Å². The summed E-state index contributed by atoms with van der Waals surface area (Å²) in [4.78, 5) is 9.00. The van der Waals surface area contributed by atoms with Crippen molar-refractivity contribution in [3.63, 3.8) is 0 Å². The molecule has 0 unspecified atom stereocenters. The molecule has 1 fully saturated rings. The molecule has 3 heterocycles. The molecule has 3 aromatic rings. The molecule has 0 amide bonds. The zero-order chi connectivity index (χ0) is 14.9. The van der Waals surface area contributed by atoms with E-state index in [-0.39, 0.29) is 0 Å². The van der Waals surface area contributed by atoms with Crippen LogP contribution < -0.4 is 5.73 Å². The summed E-state index contributed by atoms with van der Waals surface area (Å²) in [6, 6.07) is 7.78. The zero-order valence-corrected chi connectivity index (χ0v) is 12.4. The molecule has 1 saturated carbocycles. The van der Waals surface area contributed by atoms with Crippen LogP contribution in [0.5, 0.6) is 0 Å². The number of aromatic nitrogens is 4. The summed E-state index contributed by atoms with van der Waals surface area (Å²) in [6.07, 6.45) is 9.93. The van der Waals surface area contributed by atoms with Gasteiger partial charge in [0.15, 0.2) is 5.65 Å². The fourth-order valence-corrected chi connectivity index (χ4v) is 3.41. The van der Waals surface area contributed by atoms with E-state index < -0.39 is 0 Å². The minimum absolute atomic E-state index is 0.510. The van der Waals surface area contributed by atoms with Crippen LogP contribution in [-0.2, 0) is 0 Å². The molecule has 0 radical (unpaired) electrons. The summed E-state index contributed by atoms with van der Waals surface area (Å²) in [5.41, 5.74) is 10.1. The summed E-state index contributed by atoms with van der Waals surface area (Å²) < 4.78 is 1.88. The van der Waals surface area contributed by atoms with Crippen LogP contribution in [0.3, 0.4) is 0 Å². The smallest absolute Gasteiger partial charge is 0.154 e. The summed E-state index contributed by atoms with van der Waals surface area (Å²) in [5, 5.41) is 4.48. The number of imidazole rings is 1. The van der Waals surface area contributed by atoms with E-state index in [1.807, 2.05) is 41.2 Å². The average molecular weight is 293 g/mol. The molecule has 0 aliphatic heterocycles. The molecule has 22 heavy (non-hydrogen) atoms. The summed E-state index contributed by atoms with van der Waals surface area (Å²) in [5.74, 6) is 1.02. The van der Waals surface area contributed by atoms with Gasteiger partial charge in [0.2, 0.25) is 0 Å². The van der Waals surface area contributed by atoms with Gasteiger partial charge in [-0.3, -0.25) is 4.98 Å². The highest BCUT2D eigenvalue weighted by Crippen LogP contribution is 2.37. The van der Waals surface area contributed by atoms with E-state index in [9.17, 15) is 0 Å². The first kappa shape index (κ1) is 13.2. The Morgan fingerprint density at radius 3 is 2.55 bits per heavy atom. The predicted octanol–water partition coefficient (Wildman–Crippen LogP) is 3.42. The van der Waals surface area contributed by atoms with Crippen LogP contribution in [0.25, 0.3) is 16.9 Å². The van der Waals surface area contributed by atoms with Gasteiger partial charge >= 0.3 is 0 Å². The molecule has 112 valence electrons. The van der Waals surface area contributed by atoms with Crippen molar-refractivity contribution in [1.29, 1.82) is 0 Å². The molecule has 0 spiro atoms. The van der Waals surface area contributed by atoms with E-state index in [1.54, 1.807) is 0 Å². The second kappa shape index (κ2) is 5.40. The number of hydrogen-bond donors (Lipinski definition) is 1. The van der Waals surface area contributed by atoms with Gasteiger partial charge in [0, 0.05) is 23.9 Å². The van der Waals surface area contributed by atoms with E-state index >= 15 is 0 Å². The minimum Gasteiger partial charge on any atom is -0.382 e. The number of fused-ring (bicyclic) bond motifs is 1. The molecule has 5 nitrogen and oxygen atoms in total. The van der Waals surface area contributed by atoms with Crippen molar-refractivity contribution < 1.29 is 0 Å². The monoisotopic (exact) mass is 293 g/mol. The Kier molecular flexibility index (Phi) is 3.25. The van der Waals surface area contributed by atoms with Gasteiger partial charge in [-0.2, -0.15) is 0 Å². The lowest BCUT2D eigenvalue weighted by Gasteiger charge is -2.21. The minimum atomic E-state index is 0.510. The van der Waals surface area contributed by atoms with Crippen LogP contribution in [-0.4, -0.2) is 19.6 Å². The van der Waals surface area contributed by atoms with E-state index in [0.29, 0.717) is 11.7 Å². The van der Waals surface area contributed by atoms with Crippen molar-refractivity contribution in [2.75, 3.05) is 5.73 Å². The largest absolute Gasteiger partial charge is 0.382 e. The molecule has 1 aliphatic rings. The van der Waals surface area contributed by atoms with Gasteiger partial charge < -0.3 is 5.73 Å². The molecule has 5 heteroatoms. The highest BCUT2D eigenvalue weighted by Gasteiger charge is 2.24. The molecular formula is C17H19N5. The first-order chi connectivity index (χ1) is 10.8. The number of nitrogens with two attached hydrogens (primary N) is 1. The number of pyridine rings is 1. The van der Waals surface area contributed by atoms with Crippen LogP contribution in [0.2, 0.25) is 0 Å². The molecule has 1 aliphatic carbocycles. The average Bonchev–Trinajstić information content (AvgIpc) is 2.95. The first-order valence-corrected chi connectivity index (χ1v) is 7.88. The highest BCUT2D eigenvalue weighted by atomic mass is 15.3. The van der Waals surface area contributed by atoms with Crippen molar-refractivity contribution in [3.8, 4) is 11.3 Å². The van der Waals surface area contributed by atoms with Gasteiger partial charge in [0.05, 0.1) is 11.4 Å². The number of anilines is 1. The second-order valence-corrected chi connectivity index (χ2v) is 5.94. The van der Waals surface area contributed by atoms with Crippen LogP contribution >= 0.6 is 0 Å². The highest BCUT2D eigenvalue weighted by molar-refractivity contribution is 5.67. The third-order valence-electron chi connectivity index (χ3n) is 4.47. The normalized spacial score (nSPS) is 16.2.